The lowest BCUT2D eigenvalue weighted by Gasteiger charge is -2.41. The van der Waals surface area contributed by atoms with E-state index in [-0.39, 0.29) is 33.8 Å². The predicted molar refractivity (Wildman–Crippen MR) is 146 cm³/mol. The molecule has 2 aliphatic heterocycles. The Morgan fingerprint density at radius 1 is 0.535 bits per heavy atom. The first-order valence-corrected chi connectivity index (χ1v) is 13.1. The van der Waals surface area contributed by atoms with Crippen molar-refractivity contribution in [3.8, 4) is 11.5 Å². The minimum atomic E-state index is -4.77. The van der Waals surface area contributed by atoms with E-state index in [2.05, 4.69) is 0 Å². The zero-order valence-corrected chi connectivity index (χ0v) is 22.8. The largest absolute Gasteiger partial charge is 0.458 e. The Hall–Kier alpha value is -4.09. The van der Waals surface area contributed by atoms with E-state index in [1.54, 1.807) is 12.1 Å². The van der Waals surface area contributed by atoms with Crippen LogP contribution >= 0.6 is 0 Å². The average molecular weight is 605 g/mol. The topological polar surface area (TPSA) is 12.5 Å². The second-order valence-corrected chi connectivity index (χ2v) is 11.6. The third-order valence-electron chi connectivity index (χ3n) is 7.74. The molecule has 0 N–H and O–H groups in total. The second-order valence-electron chi connectivity index (χ2n) is 11.6. The van der Waals surface area contributed by atoms with Gasteiger partial charge in [0.05, 0.1) is 16.7 Å². The van der Waals surface area contributed by atoms with Crippen molar-refractivity contribution >= 4 is 40.2 Å². The maximum Gasteiger partial charge on any atom is 0.416 e. The van der Waals surface area contributed by atoms with E-state index in [4.69, 9.17) is 4.74 Å². The van der Waals surface area contributed by atoms with Crippen LogP contribution in [0.25, 0.3) is 0 Å². The minimum absolute atomic E-state index is 0.0275. The molecule has 12 heteroatoms. The molecule has 0 fully saturated rings. The lowest BCUT2D eigenvalue weighted by atomic mass is 9.34. The number of halogens is 9. The van der Waals surface area contributed by atoms with Crippen LogP contribution in [0.5, 0.6) is 11.5 Å². The molecule has 2 heterocycles. The molecule has 2 nitrogen and oxygen atoms in total. The van der Waals surface area contributed by atoms with Crippen molar-refractivity contribution in [2.24, 2.45) is 0 Å². The molecule has 0 bridgehead atoms. The first kappa shape index (κ1) is 29.0. The molecule has 0 amide bonds. The molecule has 0 spiro atoms. The van der Waals surface area contributed by atoms with Crippen LogP contribution in [0.2, 0.25) is 0 Å². The number of nitrogens with zero attached hydrogens (tertiary/aromatic N) is 1. The summed E-state index contributed by atoms with van der Waals surface area (Å²) >= 11 is 0. The van der Waals surface area contributed by atoms with Gasteiger partial charge >= 0.3 is 18.5 Å². The van der Waals surface area contributed by atoms with E-state index in [0.717, 1.165) is 48.0 Å². The highest BCUT2D eigenvalue weighted by molar-refractivity contribution is 6.99. The maximum absolute atomic E-state index is 14.0. The fraction of sp³-hybridized carbons (Fsp3) is 0.226. The molecule has 6 rings (SSSR count). The van der Waals surface area contributed by atoms with Crippen molar-refractivity contribution in [3.05, 3.63) is 95.1 Å². The van der Waals surface area contributed by atoms with Crippen LogP contribution < -0.4 is 26.0 Å². The molecular formula is C31H21BF9NO. The number of alkyl halides is 9. The summed E-state index contributed by atoms with van der Waals surface area (Å²) in [7, 11) is 0. The monoisotopic (exact) mass is 605 g/mol. The molecule has 222 valence electrons. The summed E-state index contributed by atoms with van der Waals surface area (Å²) in [6, 6.07) is 13.4. The van der Waals surface area contributed by atoms with Gasteiger partial charge in [-0.2, -0.15) is 39.5 Å². The van der Waals surface area contributed by atoms with Crippen molar-refractivity contribution < 1.29 is 44.3 Å². The van der Waals surface area contributed by atoms with Gasteiger partial charge in [-0.3, -0.25) is 0 Å². The molecular weight excluding hydrogens is 584 g/mol. The van der Waals surface area contributed by atoms with E-state index in [9.17, 15) is 39.5 Å². The van der Waals surface area contributed by atoms with Gasteiger partial charge in [-0.1, -0.05) is 32.9 Å². The van der Waals surface area contributed by atoms with Crippen LogP contribution in [0.15, 0.2) is 72.8 Å². The summed E-state index contributed by atoms with van der Waals surface area (Å²) in [5.74, 6) is 0.300. The Labute approximate surface area is 240 Å². The Morgan fingerprint density at radius 2 is 1.07 bits per heavy atom. The van der Waals surface area contributed by atoms with Crippen LogP contribution in [0.4, 0.5) is 56.6 Å². The minimum Gasteiger partial charge on any atom is -0.458 e. The van der Waals surface area contributed by atoms with E-state index in [1.807, 2.05) is 20.8 Å². The first-order valence-electron chi connectivity index (χ1n) is 13.1. The van der Waals surface area contributed by atoms with Crippen LogP contribution in [-0.2, 0) is 23.9 Å². The molecule has 0 saturated carbocycles. The fourth-order valence-corrected chi connectivity index (χ4v) is 5.62. The summed E-state index contributed by atoms with van der Waals surface area (Å²) in [6.07, 6.45) is -14.1. The standard InChI is InChI=1S/C31H21BF9NO/c1-28(2,3)19-14-24-27-26(15-19)43-25-11-7-18(31(39,40)41)13-22(25)32(27)21-12-17(30(36,37)38)6-10-23(21)42(24)20-8-4-16(5-9-20)29(33,34)35/h4-15H,1-3H3. The van der Waals surface area contributed by atoms with Gasteiger partial charge in [0.2, 0.25) is 0 Å². The molecule has 0 saturated heterocycles. The van der Waals surface area contributed by atoms with Crippen molar-refractivity contribution in [2.45, 2.75) is 44.7 Å². The van der Waals surface area contributed by atoms with Crippen LogP contribution in [0.1, 0.15) is 43.0 Å². The summed E-state index contributed by atoms with van der Waals surface area (Å²) in [6.45, 7) is 4.66. The highest BCUT2D eigenvalue weighted by atomic mass is 19.4. The Kier molecular flexibility index (Phi) is 6.21. The van der Waals surface area contributed by atoms with Crippen molar-refractivity contribution in [1.82, 2.24) is 0 Å². The van der Waals surface area contributed by atoms with Crippen molar-refractivity contribution in [1.29, 1.82) is 0 Å². The van der Waals surface area contributed by atoms with Gasteiger partial charge < -0.3 is 9.64 Å². The third kappa shape index (κ3) is 4.90. The van der Waals surface area contributed by atoms with Gasteiger partial charge in [0.25, 0.3) is 6.71 Å². The quantitative estimate of drug-likeness (QED) is 0.138. The number of anilines is 3. The second kappa shape index (κ2) is 9.21. The van der Waals surface area contributed by atoms with Crippen molar-refractivity contribution in [3.63, 3.8) is 0 Å². The van der Waals surface area contributed by atoms with E-state index in [1.165, 1.54) is 23.1 Å². The number of hydrogen-bond donors (Lipinski definition) is 0. The molecule has 0 unspecified atom stereocenters. The molecule has 0 aromatic heterocycles. The number of rotatable bonds is 1. The molecule has 0 atom stereocenters. The number of ether oxygens (including phenoxy) is 1. The molecule has 0 aliphatic carbocycles. The van der Waals surface area contributed by atoms with Gasteiger partial charge in [-0.05, 0) is 88.0 Å². The Balaban J connectivity index is 1.69. The molecule has 2 aliphatic rings. The van der Waals surface area contributed by atoms with E-state index < -0.39 is 47.3 Å². The predicted octanol–water partition coefficient (Wildman–Crippen LogP) is 8.45. The normalized spacial score (nSPS) is 14.6. The van der Waals surface area contributed by atoms with Gasteiger partial charge in [-0.15, -0.1) is 0 Å². The lowest BCUT2D eigenvalue weighted by molar-refractivity contribution is -0.138. The maximum atomic E-state index is 14.0. The van der Waals surface area contributed by atoms with Gasteiger partial charge in [0.1, 0.15) is 11.5 Å². The van der Waals surface area contributed by atoms with Gasteiger partial charge in [0, 0.05) is 17.1 Å². The fourth-order valence-electron chi connectivity index (χ4n) is 5.62. The number of benzene rings is 4. The highest BCUT2D eigenvalue weighted by Gasteiger charge is 2.45. The zero-order valence-electron chi connectivity index (χ0n) is 22.8. The van der Waals surface area contributed by atoms with E-state index in [0.29, 0.717) is 11.2 Å². The summed E-state index contributed by atoms with van der Waals surface area (Å²) in [5, 5.41) is 0. The SMILES string of the molecule is CC(C)(C)c1cc2c3c(c1)N(c1ccc(C(F)(F)F)cc1)c1ccc(C(F)(F)F)cc1B3c1cc(C(F)(F)F)ccc1O2. The summed E-state index contributed by atoms with van der Waals surface area (Å²) in [4.78, 5) is 1.53. The lowest BCUT2D eigenvalue weighted by Crippen LogP contribution is -2.60. The molecule has 43 heavy (non-hydrogen) atoms. The smallest absolute Gasteiger partial charge is 0.416 e. The zero-order chi connectivity index (χ0) is 31.3. The first-order chi connectivity index (χ1) is 19.8. The number of hydrogen-bond acceptors (Lipinski definition) is 2. The van der Waals surface area contributed by atoms with Gasteiger partial charge in [0.15, 0.2) is 0 Å². The molecule has 4 aromatic carbocycles. The average Bonchev–Trinajstić information content (AvgIpc) is 2.90. The van der Waals surface area contributed by atoms with Crippen LogP contribution in [-0.4, -0.2) is 6.71 Å². The van der Waals surface area contributed by atoms with Crippen molar-refractivity contribution in [2.75, 3.05) is 4.90 Å². The summed E-state index contributed by atoms with van der Waals surface area (Å²) < 4.78 is 130. The highest BCUT2D eigenvalue weighted by Crippen LogP contribution is 2.45. The van der Waals surface area contributed by atoms with Gasteiger partial charge in [-0.25, -0.2) is 0 Å². The Morgan fingerprint density at radius 3 is 1.63 bits per heavy atom. The molecule has 0 radical (unpaired) electrons. The number of fused-ring (bicyclic) bond motifs is 4. The molecule has 4 aromatic rings. The third-order valence-corrected chi connectivity index (χ3v) is 7.74. The van der Waals surface area contributed by atoms with Crippen LogP contribution in [0.3, 0.4) is 0 Å². The Bertz CT molecular complexity index is 1750. The summed E-state index contributed by atoms with van der Waals surface area (Å²) in [5.41, 5.74) is -1.51. The van der Waals surface area contributed by atoms with Crippen LogP contribution in [0, 0.1) is 0 Å². The van der Waals surface area contributed by atoms with E-state index >= 15 is 0 Å².